The Morgan fingerprint density at radius 3 is 2.81 bits per heavy atom. The van der Waals surface area contributed by atoms with Crippen LogP contribution < -0.4 is 10.1 Å². The van der Waals surface area contributed by atoms with Crippen LogP contribution in [0.15, 0.2) is 42.5 Å². The third-order valence-corrected chi connectivity index (χ3v) is 6.03. The summed E-state index contributed by atoms with van der Waals surface area (Å²) in [6.07, 6.45) is 6.80. The van der Waals surface area contributed by atoms with E-state index in [2.05, 4.69) is 11.9 Å². The molecule has 1 N–H and O–H groups in total. The Kier molecular flexibility index (Phi) is 7.63. The molecule has 7 heteroatoms. The molecule has 1 aliphatic rings. The lowest BCUT2D eigenvalue weighted by Crippen LogP contribution is -2.16. The van der Waals surface area contributed by atoms with E-state index in [0.29, 0.717) is 28.5 Å². The predicted molar refractivity (Wildman–Crippen MR) is 121 cm³/mol. The van der Waals surface area contributed by atoms with E-state index in [-0.39, 0.29) is 12.2 Å². The molecule has 0 spiro atoms. The molecule has 0 fully saturated rings. The molecule has 0 radical (unpaired) electrons. The van der Waals surface area contributed by atoms with Gasteiger partial charge in [-0.3, -0.25) is 4.79 Å². The molecule has 1 aliphatic carbocycles. The number of nitrogens with one attached hydrogen (secondary N) is 1. The van der Waals surface area contributed by atoms with E-state index in [0.717, 1.165) is 36.1 Å². The summed E-state index contributed by atoms with van der Waals surface area (Å²) in [5.74, 6) is -0.477. The summed E-state index contributed by atoms with van der Waals surface area (Å²) in [7, 11) is 0. The minimum Gasteiger partial charge on any atom is -0.489 e. The molecule has 0 saturated carbocycles. The van der Waals surface area contributed by atoms with Gasteiger partial charge in [0.15, 0.2) is 0 Å². The number of amides is 1. The van der Waals surface area contributed by atoms with E-state index < -0.39 is 11.9 Å². The van der Waals surface area contributed by atoms with Crippen molar-refractivity contribution in [3.05, 3.63) is 64.1 Å². The van der Waals surface area contributed by atoms with Gasteiger partial charge < -0.3 is 14.8 Å². The highest BCUT2D eigenvalue weighted by Gasteiger charge is 2.27. The van der Waals surface area contributed by atoms with E-state index in [1.165, 1.54) is 17.4 Å². The minimum atomic E-state index is -0.579. The first kappa shape index (κ1) is 22.3. The standard InChI is InChI=1S/C24H24N2O4S/c1-3-13-30-19-11-7-5-9-16(19)14-17(15-25)22(27)26-23-21(24(28)29-4-2)18-10-6-8-12-20(18)31-23/h3,5,7,9,11,14H,1,4,6,8,10,12-13H2,2H3,(H,26,27)/b17-14+. The number of hydrogen-bond donors (Lipinski definition) is 1. The number of para-hydroxylation sites is 1. The van der Waals surface area contributed by atoms with Crippen LogP contribution in [0.2, 0.25) is 0 Å². The zero-order chi connectivity index (χ0) is 22.2. The third kappa shape index (κ3) is 5.22. The smallest absolute Gasteiger partial charge is 0.341 e. The fourth-order valence-corrected chi connectivity index (χ4v) is 4.70. The Bertz CT molecular complexity index is 1060. The van der Waals surface area contributed by atoms with E-state index in [4.69, 9.17) is 9.47 Å². The van der Waals surface area contributed by atoms with Gasteiger partial charge in [0.25, 0.3) is 5.91 Å². The fourth-order valence-electron chi connectivity index (χ4n) is 3.43. The number of aryl methyl sites for hydroxylation is 1. The van der Waals surface area contributed by atoms with Gasteiger partial charge >= 0.3 is 5.97 Å². The molecule has 1 aromatic heterocycles. The maximum atomic E-state index is 12.9. The molecule has 2 aromatic rings. The Morgan fingerprint density at radius 1 is 1.29 bits per heavy atom. The molecular weight excluding hydrogens is 412 g/mol. The van der Waals surface area contributed by atoms with Crippen molar-refractivity contribution >= 4 is 34.3 Å². The monoisotopic (exact) mass is 436 g/mol. The average molecular weight is 437 g/mol. The van der Waals surface area contributed by atoms with Gasteiger partial charge in [-0.25, -0.2) is 4.79 Å². The quantitative estimate of drug-likeness (QED) is 0.275. The predicted octanol–water partition coefficient (Wildman–Crippen LogP) is 4.91. The summed E-state index contributed by atoms with van der Waals surface area (Å²) < 4.78 is 10.8. The molecule has 0 bridgehead atoms. The van der Waals surface area contributed by atoms with Gasteiger partial charge in [-0.15, -0.1) is 11.3 Å². The first-order valence-corrected chi connectivity index (χ1v) is 11.0. The van der Waals surface area contributed by atoms with Gasteiger partial charge in [-0.05, 0) is 50.3 Å². The van der Waals surface area contributed by atoms with Crippen molar-refractivity contribution in [3.63, 3.8) is 0 Å². The van der Waals surface area contributed by atoms with Crippen molar-refractivity contribution in [2.75, 3.05) is 18.5 Å². The first-order valence-electron chi connectivity index (χ1n) is 10.2. The molecule has 6 nitrogen and oxygen atoms in total. The number of nitriles is 1. The van der Waals surface area contributed by atoms with E-state index >= 15 is 0 Å². The normalized spacial score (nSPS) is 13.0. The van der Waals surface area contributed by atoms with Crippen LogP contribution in [0.4, 0.5) is 5.00 Å². The van der Waals surface area contributed by atoms with Crippen LogP contribution in [-0.4, -0.2) is 25.1 Å². The summed E-state index contributed by atoms with van der Waals surface area (Å²) in [6, 6.07) is 9.08. The number of nitrogens with zero attached hydrogens (tertiary/aromatic N) is 1. The minimum absolute atomic E-state index is 0.0872. The zero-order valence-corrected chi connectivity index (χ0v) is 18.2. The van der Waals surface area contributed by atoms with Crippen molar-refractivity contribution in [1.29, 1.82) is 5.26 Å². The average Bonchev–Trinajstić information content (AvgIpc) is 3.14. The van der Waals surface area contributed by atoms with Crippen LogP contribution in [0.1, 0.15) is 46.1 Å². The second-order valence-electron chi connectivity index (χ2n) is 6.90. The Balaban J connectivity index is 1.91. The number of carbonyl (C=O) groups is 2. The SMILES string of the molecule is C=CCOc1ccccc1/C=C(\C#N)C(=O)Nc1sc2c(c1C(=O)OCC)CCCC2. The number of anilines is 1. The molecule has 0 atom stereocenters. The lowest BCUT2D eigenvalue weighted by atomic mass is 9.95. The van der Waals surface area contributed by atoms with E-state index in [1.807, 2.05) is 12.1 Å². The van der Waals surface area contributed by atoms with E-state index in [1.54, 1.807) is 31.2 Å². The van der Waals surface area contributed by atoms with Gasteiger partial charge in [0.2, 0.25) is 0 Å². The van der Waals surface area contributed by atoms with Gasteiger partial charge in [-0.1, -0.05) is 30.9 Å². The summed E-state index contributed by atoms with van der Waals surface area (Å²) in [5, 5.41) is 12.8. The van der Waals surface area contributed by atoms with Gasteiger partial charge in [0, 0.05) is 10.4 Å². The van der Waals surface area contributed by atoms with E-state index in [9.17, 15) is 14.9 Å². The Hall–Kier alpha value is -3.37. The molecule has 1 heterocycles. The van der Waals surface area contributed by atoms with Crippen molar-refractivity contribution in [2.24, 2.45) is 0 Å². The molecule has 1 aromatic carbocycles. The van der Waals surface area contributed by atoms with Crippen LogP contribution in [0, 0.1) is 11.3 Å². The first-order chi connectivity index (χ1) is 15.1. The number of rotatable bonds is 8. The number of fused-ring (bicyclic) bond motifs is 1. The highest BCUT2D eigenvalue weighted by atomic mass is 32.1. The van der Waals surface area contributed by atoms with Crippen LogP contribution in [0.25, 0.3) is 6.08 Å². The second-order valence-corrected chi connectivity index (χ2v) is 8.00. The highest BCUT2D eigenvalue weighted by Crippen LogP contribution is 2.38. The van der Waals surface area contributed by atoms with Crippen molar-refractivity contribution < 1.29 is 19.1 Å². The number of benzene rings is 1. The summed E-state index contributed by atoms with van der Waals surface area (Å²) in [5.41, 5.74) is 1.89. The lowest BCUT2D eigenvalue weighted by Gasteiger charge is -2.12. The summed E-state index contributed by atoms with van der Waals surface area (Å²) in [4.78, 5) is 26.6. The number of hydrogen-bond acceptors (Lipinski definition) is 6. The third-order valence-electron chi connectivity index (χ3n) is 4.82. The molecule has 31 heavy (non-hydrogen) atoms. The Labute approximate surface area is 185 Å². The van der Waals surface area contributed by atoms with Crippen LogP contribution in [0.3, 0.4) is 0 Å². The largest absolute Gasteiger partial charge is 0.489 e. The van der Waals surface area contributed by atoms with Crippen molar-refractivity contribution in [3.8, 4) is 11.8 Å². The maximum Gasteiger partial charge on any atom is 0.341 e. The van der Waals surface area contributed by atoms with Gasteiger partial charge in [-0.2, -0.15) is 5.26 Å². The molecule has 1 amide bonds. The molecule has 0 unspecified atom stereocenters. The molecule has 3 rings (SSSR count). The molecule has 0 saturated heterocycles. The molecule has 160 valence electrons. The van der Waals surface area contributed by atoms with Crippen LogP contribution in [-0.2, 0) is 22.4 Å². The number of thiophene rings is 1. The van der Waals surface area contributed by atoms with Crippen LogP contribution >= 0.6 is 11.3 Å². The van der Waals surface area contributed by atoms with Crippen molar-refractivity contribution in [1.82, 2.24) is 0 Å². The number of carbonyl (C=O) groups excluding carboxylic acids is 2. The second kappa shape index (κ2) is 10.6. The Morgan fingerprint density at radius 2 is 2.06 bits per heavy atom. The van der Waals surface area contributed by atoms with Crippen molar-refractivity contribution in [2.45, 2.75) is 32.6 Å². The summed E-state index contributed by atoms with van der Waals surface area (Å²) in [6.45, 7) is 5.93. The van der Waals surface area contributed by atoms with Crippen LogP contribution in [0.5, 0.6) is 5.75 Å². The zero-order valence-electron chi connectivity index (χ0n) is 17.4. The van der Waals surface area contributed by atoms with Gasteiger partial charge in [0.1, 0.15) is 29.0 Å². The number of esters is 1. The van der Waals surface area contributed by atoms with Gasteiger partial charge in [0.05, 0.1) is 12.2 Å². The molecule has 0 aliphatic heterocycles. The number of ether oxygens (including phenoxy) is 2. The lowest BCUT2D eigenvalue weighted by molar-refractivity contribution is -0.112. The topological polar surface area (TPSA) is 88.4 Å². The fraction of sp³-hybridized carbons (Fsp3) is 0.292. The maximum absolute atomic E-state index is 12.9. The molecular formula is C24H24N2O4S. The highest BCUT2D eigenvalue weighted by molar-refractivity contribution is 7.17. The summed E-state index contributed by atoms with van der Waals surface area (Å²) >= 11 is 1.39.